The van der Waals surface area contributed by atoms with E-state index < -0.39 is 52.7 Å². The average Bonchev–Trinajstić information content (AvgIpc) is 3.77. The quantitative estimate of drug-likeness (QED) is 0.355. The van der Waals surface area contributed by atoms with Gasteiger partial charge in [-0.15, -0.1) is 0 Å². The van der Waals surface area contributed by atoms with Gasteiger partial charge < -0.3 is 24.6 Å². The minimum absolute atomic E-state index is 0.0359. The predicted octanol–water partition coefficient (Wildman–Crippen LogP) is 2.37. The van der Waals surface area contributed by atoms with Gasteiger partial charge >= 0.3 is 5.97 Å². The molecule has 0 radical (unpaired) electrons. The number of amides is 1. The number of carbonyl (C=O) groups is 3. The molecule has 0 aromatic heterocycles. The molecule has 1 saturated carbocycles. The molecule has 4 fully saturated rings. The summed E-state index contributed by atoms with van der Waals surface area (Å²) < 4.78 is 18.4. The first-order valence-electron chi connectivity index (χ1n) is 13.7. The van der Waals surface area contributed by atoms with E-state index >= 15 is 0 Å². The Labute approximate surface area is 223 Å². The second-order valence-electron chi connectivity index (χ2n) is 12.4. The molecule has 1 aromatic rings. The van der Waals surface area contributed by atoms with Crippen LogP contribution in [0.3, 0.4) is 0 Å². The molecular formula is C30H37NO7. The minimum Gasteiger partial charge on any atom is -0.458 e. The van der Waals surface area contributed by atoms with Crippen molar-refractivity contribution < 1.29 is 33.7 Å². The molecule has 3 aliphatic heterocycles. The van der Waals surface area contributed by atoms with E-state index in [4.69, 9.17) is 14.2 Å². The maximum atomic E-state index is 14.4. The molecule has 8 heteroatoms. The molecule has 0 bridgehead atoms. The Morgan fingerprint density at radius 2 is 1.87 bits per heavy atom. The highest BCUT2D eigenvalue weighted by molar-refractivity contribution is 5.91. The molecule has 3 heterocycles. The van der Waals surface area contributed by atoms with Gasteiger partial charge in [0, 0.05) is 30.7 Å². The summed E-state index contributed by atoms with van der Waals surface area (Å²) in [6, 6.07) is 9.80. The van der Waals surface area contributed by atoms with Crippen LogP contribution in [-0.4, -0.2) is 64.4 Å². The summed E-state index contributed by atoms with van der Waals surface area (Å²) in [4.78, 5) is 40.2. The molecule has 1 unspecified atom stereocenters. The van der Waals surface area contributed by atoms with Crippen LogP contribution in [0.2, 0.25) is 0 Å². The minimum atomic E-state index is -1.77. The largest absolute Gasteiger partial charge is 0.458 e. The lowest BCUT2D eigenvalue weighted by atomic mass is 9.50. The van der Waals surface area contributed by atoms with Crippen LogP contribution in [0, 0.1) is 29.1 Å². The number of Topliss-reactive ketones (excluding diaryl/α,β-unsaturated/α-hetero) is 1. The van der Waals surface area contributed by atoms with E-state index in [-0.39, 0.29) is 35.7 Å². The number of hydrogen-bond acceptors (Lipinski definition) is 7. The molecule has 1 aromatic carbocycles. The highest BCUT2D eigenvalue weighted by Gasteiger charge is 2.81. The van der Waals surface area contributed by atoms with Crippen molar-refractivity contribution in [1.82, 2.24) is 5.32 Å². The number of fused-ring (bicyclic) bond motifs is 3. The van der Waals surface area contributed by atoms with Gasteiger partial charge in [-0.2, -0.15) is 0 Å². The monoisotopic (exact) mass is 523 g/mol. The molecule has 2 N–H and O–H groups in total. The Balaban J connectivity index is 1.52. The summed E-state index contributed by atoms with van der Waals surface area (Å²) in [6.45, 7) is 8.79. The first kappa shape index (κ1) is 25.7. The molecular weight excluding hydrogens is 486 g/mol. The van der Waals surface area contributed by atoms with Gasteiger partial charge in [0.2, 0.25) is 5.91 Å². The number of allylic oxidation sites excluding steroid dienone is 1. The molecule has 2 aliphatic carbocycles. The van der Waals surface area contributed by atoms with Crippen LogP contribution >= 0.6 is 0 Å². The standard InChI is InChI=1S/C30H37NO7/c1-15-10-9-13-19-24-29(5,38-24)16(2)21-20(14-18-11-7-6-8-12-18)31-27(34)30(19,21)26(36-17(3)32)22-25(37-22)28(4,35)23(15)33/h6-9,11-13,15-16,19-22,24-26,35H,10,14H2,1-5H3,(H,31,34)/b13-9+/t15-,16-,19-,20-,21?,22+,24-,25+,26+,28-,29+,30-/m0/s1. The zero-order valence-corrected chi connectivity index (χ0v) is 22.5. The van der Waals surface area contributed by atoms with Crippen LogP contribution in [0.5, 0.6) is 0 Å². The molecule has 1 spiro atoms. The summed E-state index contributed by atoms with van der Waals surface area (Å²) in [5, 5.41) is 14.6. The number of carbonyl (C=O) groups excluding carboxylic acids is 3. The first-order chi connectivity index (χ1) is 17.9. The number of ether oxygens (including phenoxy) is 3. The normalized spacial score (nSPS) is 49.8. The lowest BCUT2D eigenvalue weighted by Crippen LogP contribution is -2.62. The fourth-order valence-electron chi connectivity index (χ4n) is 8.06. The summed E-state index contributed by atoms with van der Waals surface area (Å²) in [7, 11) is 0. The highest BCUT2D eigenvalue weighted by atomic mass is 16.6. The van der Waals surface area contributed by atoms with Crippen molar-refractivity contribution in [2.45, 2.75) is 89.1 Å². The fourth-order valence-corrected chi connectivity index (χ4v) is 8.06. The third-order valence-corrected chi connectivity index (χ3v) is 10.1. The Morgan fingerprint density at radius 3 is 2.55 bits per heavy atom. The molecule has 12 atom stereocenters. The molecule has 38 heavy (non-hydrogen) atoms. The maximum Gasteiger partial charge on any atom is 0.303 e. The van der Waals surface area contributed by atoms with Gasteiger partial charge in [0.25, 0.3) is 0 Å². The highest BCUT2D eigenvalue weighted by Crippen LogP contribution is 2.68. The van der Waals surface area contributed by atoms with E-state index in [0.717, 1.165) is 5.56 Å². The van der Waals surface area contributed by atoms with Crippen LogP contribution < -0.4 is 5.32 Å². The summed E-state index contributed by atoms with van der Waals surface area (Å²) in [5.74, 6) is -2.18. The number of hydrogen-bond donors (Lipinski definition) is 2. The molecule has 5 aliphatic rings. The molecule has 1 amide bonds. The van der Waals surface area contributed by atoms with E-state index in [9.17, 15) is 19.5 Å². The Morgan fingerprint density at radius 1 is 1.16 bits per heavy atom. The second kappa shape index (κ2) is 8.47. The number of aliphatic hydroxyl groups is 1. The van der Waals surface area contributed by atoms with Gasteiger partial charge in [-0.05, 0) is 38.2 Å². The van der Waals surface area contributed by atoms with Crippen LogP contribution in [0.25, 0.3) is 0 Å². The molecule has 6 rings (SSSR count). The lowest BCUT2D eigenvalue weighted by Gasteiger charge is -2.49. The van der Waals surface area contributed by atoms with Crippen molar-refractivity contribution in [2.24, 2.45) is 29.1 Å². The molecule has 204 valence electrons. The van der Waals surface area contributed by atoms with Crippen molar-refractivity contribution >= 4 is 17.7 Å². The number of ketones is 1. The van der Waals surface area contributed by atoms with Crippen LogP contribution in [0.4, 0.5) is 0 Å². The number of nitrogens with one attached hydrogen (secondary N) is 1. The van der Waals surface area contributed by atoms with Crippen LogP contribution in [-0.2, 0) is 35.0 Å². The topological polar surface area (TPSA) is 118 Å². The molecule has 3 saturated heterocycles. The zero-order valence-electron chi connectivity index (χ0n) is 22.5. The van der Waals surface area contributed by atoms with E-state index in [2.05, 4.69) is 19.2 Å². The second-order valence-corrected chi connectivity index (χ2v) is 12.4. The lowest BCUT2D eigenvalue weighted by molar-refractivity contribution is -0.171. The maximum absolute atomic E-state index is 14.4. The van der Waals surface area contributed by atoms with Crippen LogP contribution in [0.1, 0.15) is 46.6 Å². The number of benzene rings is 1. The van der Waals surface area contributed by atoms with E-state index in [1.54, 1.807) is 6.92 Å². The first-order valence-corrected chi connectivity index (χ1v) is 13.7. The van der Waals surface area contributed by atoms with E-state index in [1.807, 2.05) is 42.5 Å². The Bertz CT molecular complexity index is 1200. The van der Waals surface area contributed by atoms with Gasteiger partial charge in [-0.25, -0.2) is 0 Å². The van der Waals surface area contributed by atoms with Gasteiger partial charge in [-0.1, -0.05) is 56.3 Å². The van der Waals surface area contributed by atoms with Crippen molar-refractivity contribution in [3.05, 3.63) is 48.0 Å². The van der Waals surface area contributed by atoms with Crippen molar-refractivity contribution in [1.29, 1.82) is 0 Å². The van der Waals surface area contributed by atoms with Gasteiger partial charge in [-0.3, -0.25) is 14.4 Å². The number of rotatable bonds is 3. The SMILES string of the molecule is CC(=O)O[C@@H]1[C@@H]2O[C@H]2[C@@](C)(O)C(=O)[C@@H](C)C/C=C/[C@H]2[C@@H]3O[C@]3(C)[C@@H](C)C3[C@H](Cc4ccccc4)NC(=O)[C@@]312. The smallest absolute Gasteiger partial charge is 0.303 e. The summed E-state index contributed by atoms with van der Waals surface area (Å²) in [6.07, 6.45) is 2.06. The summed E-state index contributed by atoms with van der Waals surface area (Å²) in [5.41, 5.74) is -2.29. The van der Waals surface area contributed by atoms with E-state index in [1.165, 1.54) is 13.8 Å². The van der Waals surface area contributed by atoms with E-state index in [0.29, 0.717) is 12.8 Å². The van der Waals surface area contributed by atoms with Crippen molar-refractivity contribution in [3.8, 4) is 0 Å². The Kier molecular flexibility index (Phi) is 5.73. The van der Waals surface area contributed by atoms with Gasteiger partial charge in [0.1, 0.15) is 29.3 Å². The van der Waals surface area contributed by atoms with Crippen molar-refractivity contribution in [2.75, 3.05) is 0 Å². The van der Waals surface area contributed by atoms with Crippen molar-refractivity contribution in [3.63, 3.8) is 0 Å². The fraction of sp³-hybridized carbons (Fsp3) is 0.633. The number of epoxide rings is 2. The predicted molar refractivity (Wildman–Crippen MR) is 137 cm³/mol. The number of esters is 1. The third kappa shape index (κ3) is 3.49. The Hall–Kier alpha value is -2.55. The average molecular weight is 524 g/mol. The zero-order chi connectivity index (χ0) is 27.2. The van der Waals surface area contributed by atoms with Gasteiger partial charge in [0.15, 0.2) is 5.78 Å². The molecule has 8 nitrogen and oxygen atoms in total. The third-order valence-electron chi connectivity index (χ3n) is 10.1. The summed E-state index contributed by atoms with van der Waals surface area (Å²) >= 11 is 0. The van der Waals surface area contributed by atoms with Gasteiger partial charge in [0.05, 0.1) is 11.7 Å². The van der Waals surface area contributed by atoms with Crippen LogP contribution in [0.15, 0.2) is 42.5 Å².